The average Bonchev–Trinajstić information content (AvgIpc) is 2.57. The highest BCUT2D eigenvalue weighted by Crippen LogP contribution is 2.40. The van der Waals surface area contributed by atoms with Gasteiger partial charge in [0.05, 0.1) is 26.9 Å². The van der Waals surface area contributed by atoms with Crippen molar-refractivity contribution in [3.8, 4) is 17.2 Å². The summed E-state index contributed by atoms with van der Waals surface area (Å²) in [7, 11) is 4.38. The van der Waals surface area contributed by atoms with E-state index in [1.807, 2.05) is 0 Å². The molecule has 0 aromatic heterocycles. The van der Waals surface area contributed by atoms with E-state index >= 15 is 0 Å². The van der Waals surface area contributed by atoms with Gasteiger partial charge in [0.2, 0.25) is 5.75 Å². The Morgan fingerprint density at radius 1 is 1.00 bits per heavy atom. The van der Waals surface area contributed by atoms with Gasteiger partial charge in [-0.2, -0.15) is 0 Å². The molecule has 0 aliphatic heterocycles. The summed E-state index contributed by atoms with van der Waals surface area (Å²) < 4.78 is 29.3. The number of ether oxygens (including phenoxy) is 3. The van der Waals surface area contributed by atoms with Crippen molar-refractivity contribution < 1.29 is 23.4 Å². The van der Waals surface area contributed by atoms with Crippen molar-refractivity contribution in [3.63, 3.8) is 0 Å². The number of amides is 1. The average molecular weight is 319 g/mol. The van der Waals surface area contributed by atoms with Gasteiger partial charge >= 0.3 is 0 Å². The Hall–Kier alpha value is -2.76. The minimum atomic E-state index is -0.434. The first kappa shape index (κ1) is 16.6. The molecule has 2 rings (SSSR count). The lowest BCUT2D eigenvalue weighted by molar-refractivity contribution is 0.102. The van der Waals surface area contributed by atoms with Crippen LogP contribution in [-0.2, 0) is 0 Å². The zero-order chi connectivity index (χ0) is 17.0. The smallest absolute Gasteiger partial charge is 0.259 e. The molecule has 0 fully saturated rings. The van der Waals surface area contributed by atoms with Crippen LogP contribution in [-0.4, -0.2) is 27.2 Å². The minimum Gasteiger partial charge on any atom is -0.493 e. The second-order valence-corrected chi connectivity index (χ2v) is 4.75. The molecule has 2 aromatic carbocycles. The number of nitrogens with one attached hydrogen (secondary N) is 1. The van der Waals surface area contributed by atoms with Crippen molar-refractivity contribution in [1.82, 2.24) is 0 Å². The van der Waals surface area contributed by atoms with E-state index < -0.39 is 5.91 Å². The Morgan fingerprint density at radius 2 is 1.70 bits per heavy atom. The fourth-order valence-corrected chi connectivity index (χ4v) is 2.21. The minimum absolute atomic E-state index is 0.249. The largest absolute Gasteiger partial charge is 0.493 e. The molecule has 122 valence electrons. The van der Waals surface area contributed by atoms with Crippen LogP contribution in [0.5, 0.6) is 17.2 Å². The number of anilines is 1. The Kier molecular flexibility index (Phi) is 5.05. The van der Waals surface area contributed by atoms with Gasteiger partial charge in [-0.15, -0.1) is 0 Å². The number of hydrogen-bond donors (Lipinski definition) is 1. The molecule has 0 atom stereocenters. The molecule has 0 spiro atoms. The molecule has 0 bridgehead atoms. The van der Waals surface area contributed by atoms with Gasteiger partial charge < -0.3 is 19.5 Å². The lowest BCUT2D eigenvalue weighted by Gasteiger charge is -2.16. The van der Waals surface area contributed by atoms with Crippen LogP contribution in [0.25, 0.3) is 0 Å². The molecule has 0 heterocycles. The van der Waals surface area contributed by atoms with Crippen molar-refractivity contribution in [2.45, 2.75) is 6.92 Å². The predicted octanol–water partition coefficient (Wildman–Crippen LogP) is 3.41. The lowest BCUT2D eigenvalue weighted by Crippen LogP contribution is -2.15. The molecule has 0 radical (unpaired) electrons. The predicted molar refractivity (Wildman–Crippen MR) is 85.2 cm³/mol. The SMILES string of the molecule is COc1ccc(C(=O)Nc2cccc(F)c2C)c(OC)c1OC. The van der Waals surface area contributed by atoms with Gasteiger partial charge in [-0.05, 0) is 31.2 Å². The summed E-state index contributed by atoms with van der Waals surface area (Å²) in [5.41, 5.74) is 1.01. The van der Waals surface area contributed by atoms with Crippen LogP contribution in [0.2, 0.25) is 0 Å². The molecule has 0 saturated heterocycles. The number of benzene rings is 2. The number of halogens is 1. The fraction of sp³-hybridized carbons (Fsp3) is 0.235. The zero-order valence-electron chi connectivity index (χ0n) is 13.4. The van der Waals surface area contributed by atoms with Crippen molar-refractivity contribution >= 4 is 11.6 Å². The zero-order valence-corrected chi connectivity index (χ0v) is 13.4. The van der Waals surface area contributed by atoms with Crippen molar-refractivity contribution in [3.05, 3.63) is 47.3 Å². The summed E-state index contributed by atoms with van der Waals surface area (Å²) in [5, 5.41) is 2.68. The van der Waals surface area contributed by atoms with E-state index in [0.29, 0.717) is 22.7 Å². The lowest BCUT2D eigenvalue weighted by atomic mass is 10.1. The van der Waals surface area contributed by atoms with Gasteiger partial charge in [-0.1, -0.05) is 6.07 Å². The summed E-state index contributed by atoms with van der Waals surface area (Å²) >= 11 is 0. The van der Waals surface area contributed by atoms with Crippen LogP contribution in [0, 0.1) is 12.7 Å². The molecule has 0 saturated carbocycles. The van der Waals surface area contributed by atoms with Gasteiger partial charge in [0.25, 0.3) is 5.91 Å². The van der Waals surface area contributed by atoms with Gasteiger partial charge in [0.1, 0.15) is 5.82 Å². The Balaban J connectivity index is 2.41. The maximum absolute atomic E-state index is 13.6. The first-order valence-corrected chi connectivity index (χ1v) is 6.88. The summed E-state index contributed by atoms with van der Waals surface area (Å²) in [4.78, 5) is 12.5. The highest BCUT2D eigenvalue weighted by atomic mass is 19.1. The van der Waals surface area contributed by atoms with E-state index in [2.05, 4.69) is 5.32 Å². The van der Waals surface area contributed by atoms with Crippen LogP contribution in [0.1, 0.15) is 15.9 Å². The third-order valence-electron chi connectivity index (χ3n) is 3.46. The van der Waals surface area contributed by atoms with Gasteiger partial charge in [-0.3, -0.25) is 4.79 Å². The van der Waals surface area contributed by atoms with E-state index in [4.69, 9.17) is 14.2 Å². The number of methoxy groups -OCH3 is 3. The molecule has 0 unspecified atom stereocenters. The molecule has 5 nitrogen and oxygen atoms in total. The standard InChI is InChI=1S/C17H18FNO4/c1-10-12(18)6-5-7-13(10)19-17(20)11-8-9-14(21-2)16(23-4)15(11)22-3/h5-9H,1-4H3,(H,19,20). The summed E-state index contributed by atoms with van der Waals surface area (Å²) in [6.45, 7) is 1.59. The highest BCUT2D eigenvalue weighted by molar-refractivity contribution is 6.07. The summed E-state index contributed by atoms with van der Waals surface area (Å²) in [5.74, 6) is 0.193. The van der Waals surface area contributed by atoms with Crippen LogP contribution in [0.15, 0.2) is 30.3 Å². The van der Waals surface area contributed by atoms with Crippen molar-refractivity contribution in [2.24, 2.45) is 0 Å². The first-order valence-electron chi connectivity index (χ1n) is 6.88. The highest BCUT2D eigenvalue weighted by Gasteiger charge is 2.21. The number of hydrogen-bond acceptors (Lipinski definition) is 4. The van der Waals surface area contributed by atoms with Crippen molar-refractivity contribution in [1.29, 1.82) is 0 Å². The summed E-state index contributed by atoms with van der Waals surface area (Å²) in [6.07, 6.45) is 0. The second-order valence-electron chi connectivity index (χ2n) is 4.75. The van der Waals surface area contributed by atoms with Gasteiger partial charge in [-0.25, -0.2) is 4.39 Å². The third kappa shape index (κ3) is 3.21. The third-order valence-corrected chi connectivity index (χ3v) is 3.46. The topological polar surface area (TPSA) is 56.8 Å². The molecular weight excluding hydrogens is 301 g/mol. The van der Waals surface area contributed by atoms with E-state index in [1.54, 1.807) is 25.1 Å². The maximum atomic E-state index is 13.6. The van der Waals surface area contributed by atoms with Crippen molar-refractivity contribution in [2.75, 3.05) is 26.6 Å². The van der Waals surface area contributed by atoms with E-state index in [-0.39, 0.29) is 17.1 Å². The van der Waals surface area contributed by atoms with E-state index in [0.717, 1.165) is 0 Å². The molecular formula is C17H18FNO4. The van der Waals surface area contributed by atoms with E-state index in [1.165, 1.54) is 33.5 Å². The normalized spacial score (nSPS) is 10.1. The Bertz CT molecular complexity index is 731. The van der Waals surface area contributed by atoms with Gasteiger partial charge in [0.15, 0.2) is 11.5 Å². The first-order chi connectivity index (χ1) is 11.0. The second kappa shape index (κ2) is 7.00. The molecule has 23 heavy (non-hydrogen) atoms. The van der Waals surface area contributed by atoms with Crippen LogP contribution in [0.3, 0.4) is 0 Å². The number of carbonyl (C=O) groups is 1. The quantitative estimate of drug-likeness (QED) is 0.917. The van der Waals surface area contributed by atoms with Crippen LogP contribution < -0.4 is 19.5 Å². The summed E-state index contributed by atoms with van der Waals surface area (Å²) in [6, 6.07) is 7.66. The van der Waals surface area contributed by atoms with Crippen LogP contribution in [0.4, 0.5) is 10.1 Å². The number of rotatable bonds is 5. The molecule has 1 N–H and O–H groups in total. The molecule has 6 heteroatoms. The Morgan fingerprint density at radius 3 is 2.30 bits per heavy atom. The Labute approximate surface area is 134 Å². The van der Waals surface area contributed by atoms with E-state index in [9.17, 15) is 9.18 Å². The fourth-order valence-electron chi connectivity index (χ4n) is 2.21. The molecule has 0 aliphatic carbocycles. The monoisotopic (exact) mass is 319 g/mol. The molecule has 2 aromatic rings. The molecule has 1 amide bonds. The van der Waals surface area contributed by atoms with Gasteiger partial charge in [0, 0.05) is 11.3 Å². The van der Waals surface area contributed by atoms with Crippen LogP contribution >= 0.6 is 0 Å². The molecule has 0 aliphatic rings. The maximum Gasteiger partial charge on any atom is 0.259 e. The number of carbonyl (C=O) groups excluding carboxylic acids is 1.